The van der Waals surface area contributed by atoms with Gasteiger partial charge in [0.2, 0.25) is 0 Å². The Bertz CT molecular complexity index is 1110. The van der Waals surface area contributed by atoms with Gasteiger partial charge in [0.15, 0.2) is 0 Å². The zero-order valence-electron chi connectivity index (χ0n) is 17.7. The van der Waals surface area contributed by atoms with E-state index in [0.717, 1.165) is 41.8 Å². The van der Waals surface area contributed by atoms with E-state index in [-0.39, 0.29) is 21.0 Å². The predicted octanol–water partition coefficient (Wildman–Crippen LogP) is 5.44. The van der Waals surface area contributed by atoms with Crippen molar-refractivity contribution in [3.05, 3.63) is 69.6 Å². The second-order valence-electron chi connectivity index (χ2n) is 8.43. The van der Waals surface area contributed by atoms with E-state index in [1.165, 1.54) is 18.8 Å². The summed E-state index contributed by atoms with van der Waals surface area (Å²) in [5.74, 6) is -1.37. The number of anilines is 1. The highest BCUT2D eigenvalue weighted by atomic mass is 35.5. The Labute approximate surface area is 207 Å². The average molecular weight is 504 g/mol. The highest BCUT2D eigenvalue weighted by molar-refractivity contribution is 7.81. The van der Waals surface area contributed by atoms with Crippen molar-refractivity contribution in [2.45, 2.75) is 44.6 Å². The third kappa shape index (κ3) is 4.90. The van der Waals surface area contributed by atoms with E-state index in [1.807, 2.05) is 6.08 Å². The molecule has 0 bridgehead atoms. The molecule has 9 heteroatoms. The van der Waals surface area contributed by atoms with E-state index in [1.54, 1.807) is 24.3 Å². The number of allylic oxidation sites excluding steroid dienone is 2. The number of aliphatic carboxylic acids is 1. The Morgan fingerprint density at radius 3 is 2.30 bits per heavy atom. The van der Waals surface area contributed by atoms with Gasteiger partial charge in [0.05, 0.1) is 15.6 Å². The number of nitrogens with zero attached hydrogens (tertiary/aromatic N) is 1. The van der Waals surface area contributed by atoms with E-state index >= 15 is 0 Å². The summed E-state index contributed by atoms with van der Waals surface area (Å²) in [5.41, 5.74) is 2.32. The van der Waals surface area contributed by atoms with Crippen molar-refractivity contribution in [1.82, 2.24) is 10.3 Å². The Balaban J connectivity index is 1.42. The molecule has 172 valence electrons. The third-order valence-corrected chi connectivity index (χ3v) is 7.41. The minimum absolute atomic E-state index is 0.148. The molecule has 4 rings (SSSR count). The minimum Gasteiger partial charge on any atom is -0.480 e. The number of benzene rings is 1. The smallest absolute Gasteiger partial charge is 0.326 e. The molecule has 1 aromatic heterocycles. The Morgan fingerprint density at radius 1 is 1.09 bits per heavy atom. The van der Waals surface area contributed by atoms with Crippen molar-refractivity contribution >= 4 is 57.8 Å². The van der Waals surface area contributed by atoms with Crippen LogP contribution in [-0.4, -0.2) is 32.9 Å². The van der Waals surface area contributed by atoms with Crippen LogP contribution in [-0.2, 0) is 11.2 Å². The quantitative estimate of drug-likeness (QED) is 0.435. The molecule has 1 aromatic carbocycles. The van der Waals surface area contributed by atoms with Gasteiger partial charge in [-0.25, -0.2) is 4.79 Å². The van der Waals surface area contributed by atoms with Crippen molar-refractivity contribution in [3.8, 4) is 0 Å². The first-order valence-corrected chi connectivity index (χ1v) is 11.9. The molecule has 6 nitrogen and oxygen atoms in total. The largest absolute Gasteiger partial charge is 0.480 e. The molecule has 0 unspecified atom stereocenters. The van der Waals surface area contributed by atoms with Crippen molar-refractivity contribution in [1.29, 1.82) is 0 Å². The number of pyridine rings is 1. The highest BCUT2D eigenvalue weighted by Gasteiger charge is 2.46. The highest BCUT2D eigenvalue weighted by Crippen LogP contribution is 2.49. The minimum atomic E-state index is -0.918. The lowest BCUT2D eigenvalue weighted by Crippen LogP contribution is -2.51. The Morgan fingerprint density at radius 2 is 1.73 bits per heavy atom. The number of thiocarbonyl (C=S) groups is 1. The summed E-state index contributed by atoms with van der Waals surface area (Å²) in [6, 6.07) is 6.25. The molecule has 1 spiro atoms. The maximum Gasteiger partial charge on any atom is 0.326 e. The molecule has 33 heavy (non-hydrogen) atoms. The molecule has 1 saturated carbocycles. The molecule has 3 N–H and O–H groups in total. The van der Waals surface area contributed by atoms with Crippen LogP contribution in [0.15, 0.2) is 48.4 Å². The number of carboxylic acids is 1. The monoisotopic (exact) mass is 503 g/mol. The van der Waals surface area contributed by atoms with Crippen LogP contribution >= 0.6 is 35.4 Å². The predicted molar refractivity (Wildman–Crippen MR) is 133 cm³/mol. The van der Waals surface area contributed by atoms with Gasteiger partial charge in [-0.2, -0.15) is 0 Å². The van der Waals surface area contributed by atoms with Gasteiger partial charge in [-0.05, 0) is 36.6 Å². The second-order valence-corrected chi connectivity index (χ2v) is 9.69. The summed E-state index contributed by atoms with van der Waals surface area (Å²) in [4.78, 5) is 29.3. The zero-order valence-corrected chi connectivity index (χ0v) is 20.1. The van der Waals surface area contributed by atoms with Crippen LogP contribution < -0.4 is 10.6 Å². The number of halogens is 2. The number of hydrogen-bond donors (Lipinski definition) is 3. The molecule has 0 aliphatic heterocycles. The Hall–Kier alpha value is -2.48. The first kappa shape index (κ1) is 23.7. The molecule has 2 aromatic rings. The molecular weight excluding hydrogens is 481 g/mol. The van der Waals surface area contributed by atoms with Gasteiger partial charge in [0, 0.05) is 40.5 Å². The van der Waals surface area contributed by atoms with Crippen LogP contribution in [0.5, 0.6) is 0 Å². The number of rotatable bonds is 7. The fourth-order valence-electron chi connectivity index (χ4n) is 4.48. The van der Waals surface area contributed by atoms with Crippen LogP contribution in [0.1, 0.15) is 48.0 Å². The summed E-state index contributed by atoms with van der Waals surface area (Å²) in [7, 11) is 0. The molecule has 1 amide bonds. The zero-order chi connectivity index (χ0) is 23.6. The number of carbonyl (C=O) groups is 2. The van der Waals surface area contributed by atoms with Crippen LogP contribution in [0.25, 0.3) is 0 Å². The van der Waals surface area contributed by atoms with Crippen molar-refractivity contribution in [3.63, 3.8) is 0 Å². The van der Waals surface area contributed by atoms with Gasteiger partial charge in [0.1, 0.15) is 6.04 Å². The summed E-state index contributed by atoms with van der Waals surface area (Å²) >= 11 is 17.6. The number of hydrogen-bond acceptors (Lipinski definition) is 5. The van der Waals surface area contributed by atoms with E-state index < -0.39 is 17.9 Å². The summed E-state index contributed by atoms with van der Waals surface area (Å²) in [6.07, 6.45) is 10.3. The van der Waals surface area contributed by atoms with Gasteiger partial charge >= 0.3 is 5.97 Å². The SMILES string of the molecule is O=C(Nc1ccc(C[C@H](NC2=CC(=S)C23CCCCC3)C(=O)O)cc1)c1c(Cl)cncc1Cl. The lowest BCUT2D eigenvalue weighted by atomic mass is 9.63. The van der Waals surface area contributed by atoms with Crippen molar-refractivity contribution < 1.29 is 14.7 Å². The normalized spacial score (nSPS) is 17.6. The number of nitrogens with one attached hydrogen (secondary N) is 2. The van der Waals surface area contributed by atoms with E-state index in [9.17, 15) is 14.7 Å². The van der Waals surface area contributed by atoms with Gasteiger partial charge < -0.3 is 15.7 Å². The third-order valence-electron chi connectivity index (χ3n) is 6.33. The lowest BCUT2D eigenvalue weighted by molar-refractivity contribution is -0.139. The first-order valence-electron chi connectivity index (χ1n) is 10.8. The van der Waals surface area contributed by atoms with Crippen LogP contribution in [0, 0.1) is 5.41 Å². The molecule has 1 fully saturated rings. The standard InChI is InChI=1S/C24H23Cl2N3O3S/c25-16-12-27-13-17(26)21(16)22(30)28-15-6-4-14(5-7-15)10-18(23(31)32)29-19-11-20(33)24(19)8-2-1-3-9-24/h4-7,11-13,18,29H,1-3,8-10H2,(H,28,30)(H,31,32)/t18-/m0/s1. The molecule has 1 atom stereocenters. The molecule has 0 radical (unpaired) electrons. The van der Waals surface area contributed by atoms with Gasteiger partial charge in [-0.15, -0.1) is 0 Å². The number of aromatic nitrogens is 1. The first-order chi connectivity index (χ1) is 15.8. The summed E-state index contributed by atoms with van der Waals surface area (Å²) < 4.78 is 0. The molecule has 2 aliphatic rings. The van der Waals surface area contributed by atoms with Crippen molar-refractivity contribution in [2.75, 3.05) is 5.32 Å². The van der Waals surface area contributed by atoms with E-state index in [4.69, 9.17) is 35.4 Å². The molecular formula is C24H23Cl2N3O3S. The maximum absolute atomic E-state index is 12.5. The Kier molecular flexibility index (Phi) is 7.02. The maximum atomic E-state index is 12.5. The van der Waals surface area contributed by atoms with Crippen LogP contribution in [0.4, 0.5) is 5.69 Å². The molecule has 1 heterocycles. The van der Waals surface area contributed by atoms with Gasteiger partial charge in [-0.1, -0.05) is 66.8 Å². The number of carboxylic acid groups (broad SMARTS) is 1. The summed E-state index contributed by atoms with van der Waals surface area (Å²) in [6.45, 7) is 0. The van der Waals surface area contributed by atoms with Crippen molar-refractivity contribution in [2.24, 2.45) is 5.41 Å². The van der Waals surface area contributed by atoms with Gasteiger partial charge in [0.25, 0.3) is 5.91 Å². The second kappa shape index (κ2) is 9.79. The summed E-state index contributed by atoms with van der Waals surface area (Å²) in [5, 5.41) is 16.1. The van der Waals surface area contributed by atoms with Crippen LogP contribution in [0.3, 0.4) is 0 Å². The number of amides is 1. The molecule has 0 saturated heterocycles. The van der Waals surface area contributed by atoms with E-state index in [2.05, 4.69) is 15.6 Å². The van der Waals surface area contributed by atoms with Gasteiger partial charge in [-0.3, -0.25) is 9.78 Å². The average Bonchev–Trinajstić information content (AvgIpc) is 2.79. The van der Waals surface area contributed by atoms with E-state index in [0.29, 0.717) is 12.1 Å². The molecule has 2 aliphatic carbocycles. The number of carbonyl (C=O) groups excluding carboxylic acids is 1. The fraction of sp³-hybridized carbons (Fsp3) is 0.333. The topological polar surface area (TPSA) is 91.3 Å². The van der Waals surface area contributed by atoms with Crippen LogP contribution in [0.2, 0.25) is 10.0 Å². The lowest BCUT2D eigenvalue weighted by Gasteiger charge is -2.46. The fourth-order valence-corrected chi connectivity index (χ4v) is 5.45.